The minimum atomic E-state index is -0.369. The lowest BCUT2D eigenvalue weighted by atomic mass is 10.1. The monoisotopic (exact) mass is 306 g/mol. The Morgan fingerprint density at radius 2 is 1.95 bits per heavy atom. The number of halogens is 2. The number of hydrogen-bond acceptors (Lipinski definition) is 2. The number of carbonyl (C=O) groups excluding carboxylic acids is 1. The number of anilines is 1. The summed E-state index contributed by atoms with van der Waals surface area (Å²) in [6, 6.07) is 11.5. The number of hydrogen-bond donors (Lipinski definition) is 1. The number of benzene rings is 2. The Morgan fingerprint density at radius 3 is 2.62 bits per heavy atom. The maximum Gasteiger partial charge on any atom is 0.255 e. The number of nitrogens with one attached hydrogen (secondary N) is 1. The van der Waals surface area contributed by atoms with E-state index in [9.17, 15) is 9.18 Å². The van der Waals surface area contributed by atoms with Gasteiger partial charge in [-0.1, -0.05) is 29.8 Å². The van der Waals surface area contributed by atoms with E-state index in [4.69, 9.17) is 11.6 Å². The molecule has 1 amide bonds. The largest absolute Gasteiger partial charge is 0.380 e. The van der Waals surface area contributed by atoms with Crippen LogP contribution in [-0.4, -0.2) is 24.9 Å². The van der Waals surface area contributed by atoms with E-state index in [2.05, 4.69) is 5.32 Å². The highest BCUT2D eigenvalue weighted by molar-refractivity contribution is 6.31. The molecule has 0 aliphatic carbocycles. The first-order chi connectivity index (χ1) is 9.99. The van der Waals surface area contributed by atoms with Crippen LogP contribution >= 0.6 is 11.6 Å². The SMILES string of the molecule is CN(C)C(=O)c1ccccc1NCc1ccc(F)cc1Cl. The first-order valence-corrected chi connectivity index (χ1v) is 6.85. The molecule has 0 bridgehead atoms. The predicted octanol–water partition coefficient (Wildman–Crippen LogP) is 3.79. The molecule has 0 atom stereocenters. The smallest absolute Gasteiger partial charge is 0.255 e. The van der Waals surface area contributed by atoms with Crippen molar-refractivity contribution in [3.63, 3.8) is 0 Å². The summed E-state index contributed by atoms with van der Waals surface area (Å²) < 4.78 is 13.0. The molecule has 110 valence electrons. The Balaban J connectivity index is 2.19. The third-order valence-electron chi connectivity index (χ3n) is 3.05. The lowest BCUT2D eigenvalue weighted by molar-refractivity contribution is 0.0828. The fourth-order valence-electron chi connectivity index (χ4n) is 1.92. The molecule has 0 saturated heterocycles. The third kappa shape index (κ3) is 3.73. The van der Waals surface area contributed by atoms with Crippen molar-refractivity contribution < 1.29 is 9.18 Å². The van der Waals surface area contributed by atoms with Crippen molar-refractivity contribution in [1.29, 1.82) is 0 Å². The van der Waals surface area contributed by atoms with Crippen molar-refractivity contribution >= 4 is 23.2 Å². The van der Waals surface area contributed by atoms with Gasteiger partial charge in [0.05, 0.1) is 5.56 Å². The van der Waals surface area contributed by atoms with E-state index in [1.54, 1.807) is 26.2 Å². The Labute approximate surface area is 128 Å². The quantitative estimate of drug-likeness (QED) is 0.932. The summed E-state index contributed by atoms with van der Waals surface area (Å²) in [4.78, 5) is 13.6. The molecule has 5 heteroatoms. The fourth-order valence-corrected chi connectivity index (χ4v) is 2.15. The lowest BCUT2D eigenvalue weighted by Gasteiger charge is -2.15. The molecule has 21 heavy (non-hydrogen) atoms. The second-order valence-electron chi connectivity index (χ2n) is 4.83. The van der Waals surface area contributed by atoms with Gasteiger partial charge < -0.3 is 10.2 Å². The molecule has 1 N–H and O–H groups in total. The summed E-state index contributed by atoms with van der Waals surface area (Å²) in [5.74, 6) is -0.449. The van der Waals surface area contributed by atoms with Gasteiger partial charge in [0.15, 0.2) is 0 Å². The van der Waals surface area contributed by atoms with Crippen LogP contribution in [0.5, 0.6) is 0 Å². The number of rotatable bonds is 4. The third-order valence-corrected chi connectivity index (χ3v) is 3.40. The van der Waals surface area contributed by atoms with E-state index in [1.165, 1.54) is 17.0 Å². The van der Waals surface area contributed by atoms with Gasteiger partial charge >= 0.3 is 0 Å². The van der Waals surface area contributed by atoms with Crippen LogP contribution in [0.15, 0.2) is 42.5 Å². The molecule has 0 heterocycles. The molecule has 0 aromatic heterocycles. The minimum absolute atomic E-state index is 0.0803. The van der Waals surface area contributed by atoms with Crippen molar-refractivity contribution in [3.05, 3.63) is 64.4 Å². The molecule has 0 unspecified atom stereocenters. The molecular weight excluding hydrogens is 291 g/mol. The summed E-state index contributed by atoms with van der Waals surface area (Å²) >= 11 is 5.99. The van der Waals surface area contributed by atoms with Gasteiger partial charge in [-0.2, -0.15) is 0 Å². The zero-order valence-corrected chi connectivity index (χ0v) is 12.6. The molecule has 0 spiro atoms. The summed E-state index contributed by atoms with van der Waals surface area (Å²) in [7, 11) is 3.41. The molecule has 0 radical (unpaired) electrons. The Bertz CT molecular complexity index is 658. The molecule has 0 aliphatic rings. The number of nitrogens with zero attached hydrogens (tertiary/aromatic N) is 1. The van der Waals surface area contributed by atoms with Crippen molar-refractivity contribution in [2.24, 2.45) is 0 Å². The van der Waals surface area contributed by atoms with E-state index in [0.29, 0.717) is 17.1 Å². The van der Waals surface area contributed by atoms with Crippen LogP contribution < -0.4 is 5.32 Å². The zero-order chi connectivity index (χ0) is 15.4. The van der Waals surface area contributed by atoms with E-state index in [1.807, 2.05) is 18.2 Å². The van der Waals surface area contributed by atoms with E-state index in [-0.39, 0.29) is 11.7 Å². The van der Waals surface area contributed by atoms with Gasteiger partial charge in [-0.25, -0.2) is 4.39 Å². The summed E-state index contributed by atoms with van der Waals surface area (Å²) in [6.07, 6.45) is 0. The van der Waals surface area contributed by atoms with Crippen LogP contribution in [0.25, 0.3) is 0 Å². The standard InChI is InChI=1S/C16H16ClFN2O/c1-20(2)16(21)13-5-3-4-6-15(13)19-10-11-7-8-12(18)9-14(11)17/h3-9,19H,10H2,1-2H3. The molecule has 3 nitrogen and oxygen atoms in total. The first-order valence-electron chi connectivity index (χ1n) is 6.47. The number of amides is 1. The van der Waals surface area contributed by atoms with Crippen LogP contribution in [0.3, 0.4) is 0 Å². The highest BCUT2D eigenvalue weighted by Gasteiger charge is 2.12. The normalized spacial score (nSPS) is 10.3. The van der Waals surface area contributed by atoms with Crippen molar-refractivity contribution in [2.75, 3.05) is 19.4 Å². The molecule has 2 aromatic rings. The van der Waals surface area contributed by atoms with Crippen LogP contribution in [0.1, 0.15) is 15.9 Å². The van der Waals surface area contributed by atoms with Crippen LogP contribution in [-0.2, 0) is 6.54 Å². The van der Waals surface area contributed by atoms with Crippen LogP contribution in [0.2, 0.25) is 5.02 Å². The maximum absolute atomic E-state index is 13.0. The van der Waals surface area contributed by atoms with Crippen LogP contribution in [0, 0.1) is 5.82 Å². The van der Waals surface area contributed by atoms with Crippen molar-refractivity contribution in [1.82, 2.24) is 4.90 Å². The molecule has 0 fully saturated rings. The highest BCUT2D eigenvalue weighted by atomic mass is 35.5. The number of carbonyl (C=O) groups is 1. The first kappa shape index (κ1) is 15.3. The highest BCUT2D eigenvalue weighted by Crippen LogP contribution is 2.21. The van der Waals surface area contributed by atoms with Gasteiger partial charge in [-0.05, 0) is 29.8 Å². The Morgan fingerprint density at radius 1 is 1.24 bits per heavy atom. The lowest BCUT2D eigenvalue weighted by Crippen LogP contribution is -2.22. The van der Waals surface area contributed by atoms with Crippen molar-refractivity contribution in [3.8, 4) is 0 Å². The number of para-hydroxylation sites is 1. The van der Waals surface area contributed by atoms with Gasteiger partial charge in [-0.15, -0.1) is 0 Å². The average molecular weight is 307 g/mol. The van der Waals surface area contributed by atoms with E-state index in [0.717, 1.165) is 11.3 Å². The Hall–Kier alpha value is -2.07. The zero-order valence-electron chi connectivity index (χ0n) is 11.9. The van der Waals surface area contributed by atoms with Crippen molar-refractivity contribution in [2.45, 2.75) is 6.54 Å². The second-order valence-corrected chi connectivity index (χ2v) is 5.24. The summed E-state index contributed by atoms with van der Waals surface area (Å²) in [5, 5.41) is 3.53. The summed E-state index contributed by atoms with van der Waals surface area (Å²) in [6.45, 7) is 0.414. The second kappa shape index (κ2) is 6.59. The van der Waals surface area contributed by atoms with Gasteiger partial charge in [0.25, 0.3) is 5.91 Å². The predicted molar refractivity (Wildman–Crippen MR) is 83.2 cm³/mol. The topological polar surface area (TPSA) is 32.3 Å². The molecule has 2 rings (SSSR count). The summed E-state index contributed by atoms with van der Waals surface area (Å²) in [5.41, 5.74) is 2.07. The van der Waals surface area contributed by atoms with Gasteiger partial charge in [0.1, 0.15) is 5.82 Å². The van der Waals surface area contributed by atoms with Gasteiger partial charge in [0.2, 0.25) is 0 Å². The maximum atomic E-state index is 13.0. The molecule has 2 aromatic carbocycles. The fraction of sp³-hybridized carbons (Fsp3) is 0.188. The minimum Gasteiger partial charge on any atom is -0.380 e. The average Bonchev–Trinajstić information content (AvgIpc) is 2.46. The van der Waals surface area contributed by atoms with E-state index >= 15 is 0 Å². The molecular formula is C16H16ClFN2O. The molecule has 0 saturated carbocycles. The van der Waals surface area contributed by atoms with Gasteiger partial charge in [0, 0.05) is 31.4 Å². The van der Waals surface area contributed by atoms with Gasteiger partial charge in [-0.3, -0.25) is 4.79 Å². The molecule has 0 aliphatic heterocycles. The van der Waals surface area contributed by atoms with Crippen LogP contribution in [0.4, 0.5) is 10.1 Å². The van der Waals surface area contributed by atoms with E-state index < -0.39 is 0 Å². The Kier molecular flexibility index (Phi) is 4.81.